The lowest BCUT2D eigenvalue weighted by atomic mass is 9.40. The van der Waals surface area contributed by atoms with Crippen LogP contribution in [-0.2, 0) is 25.5 Å². The summed E-state index contributed by atoms with van der Waals surface area (Å²) in [6.45, 7) is 17.3. The number of aromatic nitrogens is 2. The first-order valence-corrected chi connectivity index (χ1v) is 19.0. The number of carbonyl (C=O) groups excluding carboxylic acids is 3. The number of allylic oxidation sites excluding steroid dienone is 2. The summed E-state index contributed by atoms with van der Waals surface area (Å²) in [4.78, 5) is 37.9. The number of nitrogens with zero attached hydrogens (tertiary/aromatic N) is 2. The molecule has 0 amide bonds. The van der Waals surface area contributed by atoms with E-state index in [-0.39, 0.29) is 52.3 Å². The Morgan fingerprint density at radius 2 is 1.84 bits per heavy atom. The van der Waals surface area contributed by atoms with Crippen LogP contribution < -0.4 is 0 Å². The van der Waals surface area contributed by atoms with Gasteiger partial charge in [-0.3, -0.25) is 9.59 Å². The van der Waals surface area contributed by atoms with Gasteiger partial charge in [0.15, 0.2) is 5.78 Å². The van der Waals surface area contributed by atoms with Crippen LogP contribution in [0.4, 0.5) is 4.39 Å². The summed E-state index contributed by atoms with van der Waals surface area (Å²) in [6, 6.07) is 6.45. The Morgan fingerprint density at radius 1 is 1.10 bits per heavy atom. The molecular formula is C42H57FN2O5. The molecule has 0 bridgehead atoms. The maximum absolute atomic E-state index is 14.6. The topological polar surface area (TPSA) is 99.4 Å². The molecule has 4 aliphatic rings. The van der Waals surface area contributed by atoms with Gasteiger partial charge in [-0.2, -0.15) is 0 Å². The first kappa shape index (κ1) is 36.6. The number of benzene rings is 1. The van der Waals surface area contributed by atoms with Crippen molar-refractivity contribution < 1.29 is 27.9 Å². The van der Waals surface area contributed by atoms with E-state index in [1.54, 1.807) is 32.0 Å². The molecule has 0 N–H and O–H groups in total. The smallest absolute Gasteiger partial charge is 0.307 e. The second-order valence-corrected chi connectivity index (χ2v) is 18.0. The number of carbonyl (C=O) groups is 3. The van der Waals surface area contributed by atoms with E-state index < -0.39 is 11.2 Å². The lowest BCUT2D eigenvalue weighted by Crippen LogP contribution is -2.57. The van der Waals surface area contributed by atoms with Crippen molar-refractivity contribution in [2.45, 2.75) is 132 Å². The molecule has 1 aromatic heterocycles. The number of esters is 1. The largest absolute Gasteiger partial charge is 0.463 e. The molecule has 3 fully saturated rings. The summed E-state index contributed by atoms with van der Waals surface area (Å²) in [5.41, 5.74) is 1.85. The van der Waals surface area contributed by atoms with Crippen molar-refractivity contribution in [2.75, 3.05) is 0 Å². The number of Topliss-reactive ketones (excluding diaryl/α,β-unsaturated/α-hetero) is 1. The molecule has 3 saturated carbocycles. The van der Waals surface area contributed by atoms with Gasteiger partial charge in [0.05, 0.1) is 18.1 Å². The minimum atomic E-state index is -0.719. The van der Waals surface area contributed by atoms with Crippen molar-refractivity contribution in [3.8, 4) is 11.5 Å². The van der Waals surface area contributed by atoms with Gasteiger partial charge in [0.25, 0.3) is 5.89 Å². The Bertz CT molecular complexity index is 1660. The molecule has 2 aromatic rings. The zero-order chi connectivity index (χ0) is 36.2. The van der Waals surface area contributed by atoms with Gasteiger partial charge in [-0.25, -0.2) is 4.39 Å². The Morgan fingerprint density at radius 3 is 2.54 bits per heavy atom. The van der Waals surface area contributed by atoms with Gasteiger partial charge in [0.2, 0.25) is 5.89 Å². The zero-order valence-corrected chi connectivity index (χ0v) is 31.4. The number of ether oxygens (including phenoxy) is 1. The molecule has 0 aliphatic heterocycles. The monoisotopic (exact) mass is 688 g/mol. The van der Waals surface area contributed by atoms with E-state index in [0.29, 0.717) is 48.0 Å². The van der Waals surface area contributed by atoms with E-state index in [1.165, 1.54) is 18.1 Å². The number of aldehydes is 1. The summed E-state index contributed by atoms with van der Waals surface area (Å²) in [6.07, 6.45) is 9.95. The highest BCUT2D eigenvalue weighted by Gasteiger charge is 2.63. The van der Waals surface area contributed by atoms with Crippen LogP contribution in [0.25, 0.3) is 11.5 Å². The van der Waals surface area contributed by atoms with Crippen LogP contribution in [-0.4, -0.2) is 34.3 Å². The number of ketones is 1. The fourth-order valence-electron chi connectivity index (χ4n) is 11.2. The molecule has 50 heavy (non-hydrogen) atoms. The van der Waals surface area contributed by atoms with Gasteiger partial charge in [-0.15, -0.1) is 10.2 Å². The van der Waals surface area contributed by atoms with Gasteiger partial charge in [-0.05, 0) is 116 Å². The molecule has 0 spiro atoms. The molecule has 4 aliphatic carbocycles. The molecule has 1 heterocycles. The van der Waals surface area contributed by atoms with Crippen molar-refractivity contribution in [1.82, 2.24) is 10.2 Å². The third kappa shape index (κ3) is 6.42. The Labute approximate surface area is 297 Å². The maximum atomic E-state index is 14.6. The van der Waals surface area contributed by atoms with E-state index in [1.807, 2.05) is 6.92 Å². The number of fused-ring (bicyclic) bond motifs is 5. The molecule has 8 unspecified atom stereocenters. The summed E-state index contributed by atoms with van der Waals surface area (Å²) in [5.74, 6) is 2.25. The van der Waals surface area contributed by atoms with E-state index in [2.05, 4.69) is 44.8 Å². The van der Waals surface area contributed by atoms with Crippen LogP contribution in [0.5, 0.6) is 0 Å². The SMILES string of the molecule is CC(CCC1(C)C(C)CCC2(C)C3CCC4(Cc5nnc(-c6ccccc6F)o5)CC(=O)C(C(C)C)=C4C3CCC12)OC(=O)CC(C)(C)C=O. The average molecular weight is 689 g/mol. The second kappa shape index (κ2) is 13.4. The van der Waals surface area contributed by atoms with Gasteiger partial charge < -0.3 is 13.9 Å². The minimum Gasteiger partial charge on any atom is -0.463 e. The predicted molar refractivity (Wildman–Crippen MR) is 190 cm³/mol. The standard InChI is InChI=1S/C42H57FN2O5/c1-25(2)36-32(47)21-42(22-34-44-45-38(50-34)29-11-9-10-12-31(29)43)20-17-30-28(37(36)42)13-14-33-40(7,26(3)15-18-41(30,33)8)19-16-27(4)49-35(48)23-39(5,6)24-46/h9-12,24-28,30,33H,13-23H2,1-8H3. The van der Waals surface area contributed by atoms with Crippen molar-refractivity contribution in [3.63, 3.8) is 0 Å². The summed E-state index contributed by atoms with van der Waals surface area (Å²) < 4.78 is 26.5. The number of hydrogen-bond donors (Lipinski definition) is 0. The van der Waals surface area contributed by atoms with E-state index in [4.69, 9.17) is 9.15 Å². The van der Waals surface area contributed by atoms with Crippen LogP contribution in [0.1, 0.15) is 125 Å². The normalized spacial score (nSPS) is 33.1. The summed E-state index contributed by atoms with van der Waals surface area (Å²) in [7, 11) is 0. The third-order valence-corrected chi connectivity index (χ3v) is 13.9. The highest BCUT2D eigenvalue weighted by atomic mass is 19.1. The predicted octanol–water partition coefficient (Wildman–Crippen LogP) is 9.54. The van der Waals surface area contributed by atoms with Crippen LogP contribution >= 0.6 is 0 Å². The third-order valence-electron chi connectivity index (χ3n) is 13.9. The minimum absolute atomic E-state index is 0.0930. The highest BCUT2D eigenvalue weighted by Crippen LogP contribution is 2.70. The van der Waals surface area contributed by atoms with Crippen LogP contribution in [0.3, 0.4) is 0 Å². The van der Waals surface area contributed by atoms with Gasteiger partial charge in [0, 0.05) is 23.7 Å². The van der Waals surface area contributed by atoms with Crippen molar-refractivity contribution >= 4 is 18.0 Å². The van der Waals surface area contributed by atoms with Crippen LogP contribution in [0.2, 0.25) is 0 Å². The Hall–Kier alpha value is -3.16. The van der Waals surface area contributed by atoms with Gasteiger partial charge in [-0.1, -0.05) is 66.2 Å². The second-order valence-electron chi connectivity index (χ2n) is 18.0. The summed E-state index contributed by atoms with van der Waals surface area (Å²) in [5, 5.41) is 8.63. The molecular weight excluding hydrogens is 631 g/mol. The lowest BCUT2D eigenvalue weighted by Gasteiger charge is -2.65. The fraction of sp³-hybridized carbons (Fsp3) is 0.690. The average Bonchev–Trinajstić information content (AvgIpc) is 3.63. The van der Waals surface area contributed by atoms with Crippen LogP contribution in [0.15, 0.2) is 39.8 Å². The maximum Gasteiger partial charge on any atom is 0.307 e. The van der Waals surface area contributed by atoms with Gasteiger partial charge >= 0.3 is 5.97 Å². The first-order valence-electron chi connectivity index (χ1n) is 19.0. The van der Waals surface area contributed by atoms with Gasteiger partial charge in [0.1, 0.15) is 12.1 Å². The zero-order valence-electron chi connectivity index (χ0n) is 31.4. The molecule has 8 heteroatoms. The van der Waals surface area contributed by atoms with E-state index >= 15 is 0 Å². The van der Waals surface area contributed by atoms with E-state index in [9.17, 15) is 18.8 Å². The molecule has 6 rings (SSSR count). The Balaban J connectivity index is 1.25. The fourth-order valence-corrected chi connectivity index (χ4v) is 11.2. The molecule has 7 nitrogen and oxygen atoms in total. The number of rotatable bonds is 11. The van der Waals surface area contributed by atoms with Crippen molar-refractivity contribution in [3.05, 3.63) is 47.1 Å². The molecule has 0 radical (unpaired) electrons. The molecule has 8 atom stereocenters. The molecule has 1 aromatic carbocycles. The first-order chi connectivity index (χ1) is 23.5. The van der Waals surface area contributed by atoms with E-state index in [0.717, 1.165) is 56.8 Å². The highest BCUT2D eigenvalue weighted by molar-refractivity contribution is 6.00. The molecule has 0 saturated heterocycles. The Kier molecular flexibility index (Phi) is 9.84. The number of hydrogen-bond acceptors (Lipinski definition) is 7. The molecule has 272 valence electrons. The van der Waals surface area contributed by atoms with Crippen molar-refractivity contribution in [2.24, 2.45) is 51.2 Å². The summed E-state index contributed by atoms with van der Waals surface area (Å²) >= 11 is 0. The van der Waals surface area contributed by atoms with Crippen LogP contribution in [0, 0.1) is 57.1 Å². The number of halogens is 1. The quantitative estimate of drug-likeness (QED) is 0.171. The lowest BCUT2D eigenvalue weighted by molar-refractivity contribution is -0.155. The van der Waals surface area contributed by atoms with Crippen molar-refractivity contribution in [1.29, 1.82) is 0 Å².